The van der Waals surface area contributed by atoms with Gasteiger partial charge in [-0.05, 0) is 49.9 Å². The SMILES string of the molecule is O=C(NCc1ccc(CN2CCCC2)cc1)c1coc(C2CCCC2)n1. The molecule has 1 aromatic heterocycles. The Morgan fingerprint density at radius 3 is 2.50 bits per heavy atom. The van der Waals surface area contributed by atoms with E-state index in [0.717, 1.165) is 30.8 Å². The molecule has 1 aromatic carbocycles. The van der Waals surface area contributed by atoms with Crippen molar-refractivity contribution in [3.05, 3.63) is 53.2 Å². The number of amides is 1. The van der Waals surface area contributed by atoms with Gasteiger partial charge in [0.1, 0.15) is 6.26 Å². The zero-order valence-corrected chi connectivity index (χ0v) is 15.2. The standard InChI is InChI=1S/C21H27N3O2/c25-20(19-15-26-21(23-19)18-5-1-2-6-18)22-13-16-7-9-17(10-8-16)14-24-11-3-4-12-24/h7-10,15,18H,1-6,11-14H2,(H,22,25). The number of nitrogens with one attached hydrogen (secondary N) is 1. The Morgan fingerprint density at radius 1 is 1.08 bits per heavy atom. The number of likely N-dealkylation sites (tertiary alicyclic amines) is 1. The maximum atomic E-state index is 12.3. The maximum Gasteiger partial charge on any atom is 0.273 e. The molecule has 2 aromatic rings. The largest absolute Gasteiger partial charge is 0.448 e. The summed E-state index contributed by atoms with van der Waals surface area (Å²) in [4.78, 5) is 19.2. The first-order chi connectivity index (χ1) is 12.8. The zero-order valence-electron chi connectivity index (χ0n) is 15.2. The minimum absolute atomic E-state index is 0.167. The lowest BCUT2D eigenvalue weighted by molar-refractivity contribution is 0.0946. The fourth-order valence-electron chi connectivity index (χ4n) is 3.99. The lowest BCUT2D eigenvalue weighted by Gasteiger charge is -2.14. The van der Waals surface area contributed by atoms with Crippen LogP contribution in [0.25, 0.3) is 0 Å². The molecule has 1 aliphatic heterocycles. The summed E-state index contributed by atoms with van der Waals surface area (Å²) in [5.74, 6) is 0.942. The average Bonchev–Trinajstić information content (AvgIpc) is 3.42. The second-order valence-corrected chi connectivity index (χ2v) is 7.53. The topological polar surface area (TPSA) is 58.4 Å². The van der Waals surface area contributed by atoms with Gasteiger partial charge in [0, 0.05) is 19.0 Å². The van der Waals surface area contributed by atoms with Crippen molar-refractivity contribution in [1.82, 2.24) is 15.2 Å². The Kier molecular flexibility index (Phi) is 5.34. The molecule has 1 N–H and O–H groups in total. The van der Waals surface area contributed by atoms with Crippen LogP contribution in [0, 0.1) is 0 Å². The summed E-state index contributed by atoms with van der Waals surface area (Å²) < 4.78 is 5.52. The van der Waals surface area contributed by atoms with E-state index in [9.17, 15) is 4.79 Å². The van der Waals surface area contributed by atoms with E-state index >= 15 is 0 Å². The molecule has 0 bridgehead atoms. The summed E-state index contributed by atoms with van der Waals surface area (Å²) in [5.41, 5.74) is 2.82. The van der Waals surface area contributed by atoms with Gasteiger partial charge in [0.15, 0.2) is 11.6 Å². The van der Waals surface area contributed by atoms with Crippen molar-refractivity contribution in [2.75, 3.05) is 13.1 Å². The second kappa shape index (κ2) is 8.04. The number of hydrogen-bond acceptors (Lipinski definition) is 4. The Labute approximate surface area is 154 Å². The van der Waals surface area contributed by atoms with E-state index in [4.69, 9.17) is 4.42 Å². The van der Waals surface area contributed by atoms with E-state index in [2.05, 4.69) is 39.5 Å². The Balaban J connectivity index is 1.28. The quantitative estimate of drug-likeness (QED) is 0.857. The highest BCUT2D eigenvalue weighted by Crippen LogP contribution is 2.33. The van der Waals surface area contributed by atoms with Gasteiger partial charge >= 0.3 is 0 Å². The van der Waals surface area contributed by atoms with Crippen LogP contribution < -0.4 is 5.32 Å². The van der Waals surface area contributed by atoms with E-state index in [1.54, 1.807) is 0 Å². The monoisotopic (exact) mass is 353 g/mol. The van der Waals surface area contributed by atoms with Crippen LogP contribution in [0.4, 0.5) is 0 Å². The minimum atomic E-state index is -0.167. The molecule has 1 saturated heterocycles. The van der Waals surface area contributed by atoms with Gasteiger partial charge in [-0.2, -0.15) is 0 Å². The van der Waals surface area contributed by atoms with E-state index in [1.807, 2.05) is 0 Å². The van der Waals surface area contributed by atoms with Crippen molar-refractivity contribution >= 4 is 5.91 Å². The first-order valence-electron chi connectivity index (χ1n) is 9.82. The van der Waals surface area contributed by atoms with Gasteiger partial charge in [-0.25, -0.2) is 4.98 Å². The molecular weight excluding hydrogens is 326 g/mol. The van der Waals surface area contributed by atoms with Crippen LogP contribution in [0.5, 0.6) is 0 Å². The number of hydrogen-bond donors (Lipinski definition) is 1. The molecule has 2 aliphatic rings. The summed E-state index contributed by atoms with van der Waals surface area (Å²) in [6.45, 7) is 3.95. The summed E-state index contributed by atoms with van der Waals surface area (Å²) in [5, 5.41) is 2.94. The van der Waals surface area contributed by atoms with Crippen LogP contribution in [0.2, 0.25) is 0 Å². The van der Waals surface area contributed by atoms with E-state index in [0.29, 0.717) is 18.2 Å². The third kappa shape index (κ3) is 4.15. The zero-order chi connectivity index (χ0) is 17.8. The van der Waals surface area contributed by atoms with Gasteiger partial charge in [0.25, 0.3) is 5.91 Å². The van der Waals surface area contributed by atoms with Crippen LogP contribution in [0.3, 0.4) is 0 Å². The highest BCUT2D eigenvalue weighted by molar-refractivity contribution is 5.91. The van der Waals surface area contributed by atoms with Crippen molar-refractivity contribution in [2.45, 2.75) is 57.5 Å². The predicted octanol–water partition coefficient (Wildman–Crippen LogP) is 3.86. The third-order valence-electron chi connectivity index (χ3n) is 5.54. The normalized spacial score (nSPS) is 18.5. The van der Waals surface area contributed by atoms with Crippen molar-refractivity contribution in [2.24, 2.45) is 0 Å². The molecule has 4 rings (SSSR count). The van der Waals surface area contributed by atoms with Gasteiger partial charge in [0.05, 0.1) is 0 Å². The van der Waals surface area contributed by atoms with Crippen LogP contribution >= 0.6 is 0 Å². The first-order valence-corrected chi connectivity index (χ1v) is 9.82. The molecule has 0 radical (unpaired) electrons. The van der Waals surface area contributed by atoms with Crippen LogP contribution in [-0.4, -0.2) is 28.9 Å². The molecule has 1 amide bonds. The third-order valence-corrected chi connectivity index (χ3v) is 5.54. The van der Waals surface area contributed by atoms with Crippen molar-refractivity contribution in [3.63, 3.8) is 0 Å². The molecule has 1 aliphatic carbocycles. The maximum absolute atomic E-state index is 12.3. The summed E-state index contributed by atoms with van der Waals surface area (Å²) in [6, 6.07) is 8.51. The molecule has 2 heterocycles. The number of oxazole rings is 1. The van der Waals surface area contributed by atoms with Gasteiger partial charge in [-0.1, -0.05) is 37.1 Å². The highest BCUT2D eigenvalue weighted by Gasteiger charge is 2.23. The van der Waals surface area contributed by atoms with Crippen molar-refractivity contribution in [1.29, 1.82) is 0 Å². The Bertz CT molecular complexity index is 726. The second-order valence-electron chi connectivity index (χ2n) is 7.53. The molecule has 0 spiro atoms. The molecular formula is C21H27N3O2. The molecule has 138 valence electrons. The number of benzene rings is 1. The smallest absolute Gasteiger partial charge is 0.273 e. The van der Waals surface area contributed by atoms with Crippen LogP contribution in [-0.2, 0) is 13.1 Å². The number of aromatic nitrogens is 1. The average molecular weight is 353 g/mol. The Hall–Kier alpha value is -2.14. The molecule has 0 atom stereocenters. The highest BCUT2D eigenvalue weighted by atomic mass is 16.3. The van der Waals surface area contributed by atoms with E-state index in [-0.39, 0.29) is 5.91 Å². The number of carbonyl (C=O) groups excluding carboxylic acids is 1. The summed E-state index contributed by atoms with van der Waals surface area (Å²) in [7, 11) is 0. The first kappa shape index (κ1) is 17.3. The molecule has 1 saturated carbocycles. The molecule has 0 unspecified atom stereocenters. The van der Waals surface area contributed by atoms with Gasteiger partial charge in [-0.3, -0.25) is 9.69 Å². The number of rotatable bonds is 6. The number of nitrogens with zero attached hydrogens (tertiary/aromatic N) is 2. The lowest BCUT2D eigenvalue weighted by Crippen LogP contribution is -2.23. The lowest BCUT2D eigenvalue weighted by atomic mass is 10.1. The molecule has 5 heteroatoms. The predicted molar refractivity (Wildman–Crippen MR) is 99.8 cm³/mol. The van der Waals surface area contributed by atoms with Crippen molar-refractivity contribution < 1.29 is 9.21 Å². The fraction of sp³-hybridized carbons (Fsp3) is 0.524. The van der Waals surface area contributed by atoms with Crippen molar-refractivity contribution in [3.8, 4) is 0 Å². The fourth-order valence-corrected chi connectivity index (χ4v) is 3.99. The minimum Gasteiger partial charge on any atom is -0.448 e. The molecule has 26 heavy (non-hydrogen) atoms. The molecule has 5 nitrogen and oxygen atoms in total. The van der Waals surface area contributed by atoms with Crippen LogP contribution in [0.15, 0.2) is 34.9 Å². The van der Waals surface area contributed by atoms with Gasteiger partial charge < -0.3 is 9.73 Å². The van der Waals surface area contributed by atoms with Gasteiger partial charge in [0.2, 0.25) is 0 Å². The molecule has 2 fully saturated rings. The Morgan fingerprint density at radius 2 is 1.77 bits per heavy atom. The van der Waals surface area contributed by atoms with E-state index < -0.39 is 0 Å². The van der Waals surface area contributed by atoms with E-state index in [1.165, 1.54) is 50.6 Å². The summed E-state index contributed by atoms with van der Waals surface area (Å²) in [6.07, 6.45) is 8.80. The van der Waals surface area contributed by atoms with Gasteiger partial charge in [-0.15, -0.1) is 0 Å². The summed E-state index contributed by atoms with van der Waals surface area (Å²) >= 11 is 0. The van der Waals surface area contributed by atoms with Crippen LogP contribution in [0.1, 0.15) is 71.9 Å². The number of carbonyl (C=O) groups is 1.